The normalized spacial score (nSPS) is 16.4. The van der Waals surface area contributed by atoms with Crippen LogP contribution in [0.3, 0.4) is 0 Å². The summed E-state index contributed by atoms with van der Waals surface area (Å²) in [5.74, 6) is 0.167. The van der Waals surface area contributed by atoms with E-state index < -0.39 is 0 Å². The van der Waals surface area contributed by atoms with Gasteiger partial charge in [0.2, 0.25) is 0 Å². The van der Waals surface area contributed by atoms with Crippen LogP contribution in [0.5, 0.6) is 5.75 Å². The number of para-hydroxylation sites is 2. The van der Waals surface area contributed by atoms with Crippen LogP contribution in [0.15, 0.2) is 120 Å². The third-order valence-electron chi connectivity index (χ3n) is 7.66. The Kier molecular flexibility index (Phi) is 5.67. The number of carbonyl (C=O) groups is 2. The molecular formula is C34H25N3O3. The van der Waals surface area contributed by atoms with E-state index in [1.807, 2.05) is 72.8 Å². The molecule has 2 aliphatic rings. The average molecular weight is 524 g/mol. The molecule has 2 amide bonds. The number of hydrazone groups is 1. The molecule has 0 N–H and O–H groups in total. The number of benzene rings is 5. The molecule has 6 heteroatoms. The second-order valence-electron chi connectivity index (χ2n) is 9.89. The van der Waals surface area contributed by atoms with Crippen molar-refractivity contribution in [1.29, 1.82) is 0 Å². The topological polar surface area (TPSA) is 62.2 Å². The molecule has 2 heterocycles. The van der Waals surface area contributed by atoms with Crippen LogP contribution in [0.25, 0.3) is 10.8 Å². The number of hydrogen-bond donors (Lipinski definition) is 0. The summed E-state index contributed by atoms with van der Waals surface area (Å²) >= 11 is 0. The Balaban J connectivity index is 1.34. The van der Waals surface area contributed by atoms with Crippen molar-refractivity contribution in [2.75, 3.05) is 17.0 Å². The molecule has 0 fully saturated rings. The first kappa shape index (κ1) is 23.9. The summed E-state index contributed by atoms with van der Waals surface area (Å²) in [6.07, 6.45) is 0.665. The van der Waals surface area contributed by atoms with Gasteiger partial charge in [0.1, 0.15) is 5.75 Å². The van der Waals surface area contributed by atoms with E-state index in [1.54, 1.807) is 25.3 Å². The van der Waals surface area contributed by atoms with Gasteiger partial charge in [0, 0.05) is 28.5 Å². The van der Waals surface area contributed by atoms with Crippen LogP contribution in [0, 0.1) is 0 Å². The quantitative estimate of drug-likeness (QED) is 0.233. The Labute approximate surface area is 231 Å². The van der Waals surface area contributed by atoms with Gasteiger partial charge in [-0.2, -0.15) is 5.10 Å². The van der Waals surface area contributed by atoms with Crippen molar-refractivity contribution >= 4 is 39.7 Å². The standard InChI is InChI=1S/C34H25N3O3/c1-40-25-17-15-22(16-18-25)31-21-30(35-37(31)24-11-6-3-7-12-24)26-19-20-29-32-27(26)13-8-14-28(32)33(38)36(34(29)39)23-9-4-2-5-10-23/h2-20,31H,21H2,1H3/t31-/m0/s1. The van der Waals surface area contributed by atoms with Crippen molar-refractivity contribution in [3.63, 3.8) is 0 Å². The van der Waals surface area contributed by atoms with Crippen LogP contribution in [0.4, 0.5) is 11.4 Å². The minimum Gasteiger partial charge on any atom is -0.497 e. The summed E-state index contributed by atoms with van der Waals surface area (Å²) in [7, 11) is 1.66. The van der Waals surface area contributed by atoms with Gasteiger partial charge in [0.15, 0.2) is 0 Å². The first-order valence-electron chi connectivity index (χ1n) is 13.2. The van der Waals surface area contributed by atoms with Crippen LogP contribution < -0.4 is 14.6 Å². The first-order chi connectivity index (χ1) is 19.6. The van der Waals surface area contributed by atoms with E-state index in [4.69, 9.17) is 9.84 Å². The van der Waals surface area contributed by atoms with Gasteiger partial charge in [0.05, 0.1) is 30.2 Å². The van der Waals surface area contributed by atoms with Gasteiger partial charge >= 0.3 is 0 Å². The number of carbonyl (C=O) groups excluding carboxylic acids is 2. The lowest BCUT2D eigenvalue weighted by Crippen LogP contribution is -2.40. The van der Waals surface area contributed by atoms with Gasteiger partial charge in [-0.05, 0) is 59.5 Å². The molecule has 6 nitrogen and oxygen atoms in total. The van der Waals surface area contributed by atoms with Crippen LogP contribution in [-0.4, -0.2) is 24.6 Å². The van der Waals surface area contributed by atoms with Gasteiger partial charge in [-0.15, -0.1) is 0 Å². The fraction of sp³-hybridized carbons (Fsp3) is 0.0882. The van der Waals surface area contributed by atoms with Crippen molar-refractivity contribution < 1.29 is 14.3 Å². The molecule has 1 atom stereocenters. The fourth-order valence-electron chi connectivity index (χ4n) is 5.74. The fourth-order valence-corrected chi connectivity index (χ4v) is 5.74. The highest BCUT2D eigenvalue weighted by Gasteiger charge is 2.36. The number of rotatable bonds is 5. The van der Waals surface area contributed by atoms with Gasteiger partial charge in [-0.25, -0.2) is 4.90 Å². The number of ether oxygens (including phenoxy) is 1. The summed E-state index contributed by atoms with van der Waals surface area (Å²) in [6, 6.07) is 36.7. The molecule has 0 saturated carbocycles. The predicted octanol–water partition coefficient (Wildman–Crippen LogP) is 7.00. The number of anilines is 2. The van der Waals surface area contributed by atoms with Gasteiger partial charge in [-0.1, -0.05) is 66.7 Å². The molecule has 5 aromatic carbocycles. The maximum Gasteiger partial charge on any atom is 0.265 e. The monoisotopic (exact) mass is 523 g/mol. The van der Waals surface area contributed by atoms with Crippen molar-refractivity contribution in [3.8, 4) is 5.75 Å². The largest absolute Gasteiger partial charge is 0.497 e. The molecule has 0 saturated heterocycles. The molecule has 0 aliphatic carbocycles. The second kappa shape index (κ2) is 9.50. The van der Waals surface area contributed by atoms with Crippen molar-refractivity contribution in [2.45, 2.75) is 12.5 Å². The Morgan fingerprint density at radius 2 is 1.30 bits per heavy atom. The van der Waals surface area contributed by atoms with Crippen molar-refractivity contribution in [1.82, 2.24) is 0 Å². The van der Waals surface area contributed by atoms with Gasteiger partial charge in [0.25, 0.3) is 11.8 Å². The van der Waals surface area contributed by atoms with Crippen molar-refractivity contribution in [3.05, 3.63) is 138 Å². The summed E-state index contributed by atoms with van der Waals surface area (Å²) in [6.45, 7) is 0. The molecule has 7 rings (SSSR count). The van der Waals surface area contributed by atoms with Crippen LogP contribution in [-0.2, 0) is 0 Å². The van der Waals surface area contributed by atoms with Gasteiger partial charge in [-0.3, -0.25) is 14.6 Å². The van der Waals surface area contributed by atoms with Crippen LogP contribution in [0.1, 0.15) is 44.3 Å². The summed E-state index contributed by atoms with van der Waals surface area (Å²) in [5, 5.41) is 8.71. The smallest absolute Gasteiger partial charge is 0.265 e. The lowest BCUT2D eigenvalue weighted by molar-refractivity contribution is 0.0893. The number of amides is 2. The Hall–Kier alpha value is -5.23. The first-order valence-corrected chi connectivity index (χ1v) is 13.2. The van der Waals surface area contributed by atoms with Gasteiger partial charge < -0.3 is 4.74 Å². The second-order valence-corrected chi connectivity index (χ2v) is 9.89. The minimum atomic E-state index is -0.318. The molecule has 0 radical (unpaired) electrons. The zero-order valence-corrected chi connectivity index (χ0v) is 21.8. The third-order valence-corrected chi connectivity index (χ3v) is 7.66. The zero-order chi connectivity index (χ0) is 27.2. The number of nitrogens with zero attached hydrogens (tertiary/aromatic N) is 3. The molecule has 0 bridgehead atoms. The zero-order valence-electron chi connectivity index (χ0n) is 21.8. The summed E-state index contributed by atoms with van der Waals surface area (Å²) in [5.41, 5.74) is 5.53. The minimum absolute atomic E-state index is 0.0223. The number of methoxy groups -OCH3 is 1. The highest BCUT2D eigenvalue weighted by molar-refractivity contribution is 6.36. The Bertz CT molecular complexity index is 1780. The number of hydrogen-bond acceptors (Lipinski definition) is 5. The van der Waals surface area contributed by atoms with E-state index in [1.165, 1.54) is 4.90 Å². The third kappa shape index (κ3) is 3.76. The maximum atomic E-state index is 13.6. The molecule has 0 aromatic heterocycles. The highest BCUT2D eigenvalue weighted by Crippen LogP contribution is 2.40. The van der Waals surface area contributed by atoms with Crippen LogP contribution in [0.2, 0.25) is 0 Å². The Morgan fingerprint density at radius 3 is 1.98 bits per heavy atom. The molecule has 2 aliphatic heterocycles. The molecule has 40 heavy (non-hydrogen) atoms. The molecule has 0 unspecified atom stereocenters. The van der Waals surface area contributed by atoms with E-state index in [9.17, 15) is 9.59 Å². The van der Waals surface area contributed by atoms with Crippen LogP contribution >= 0.6 is 0 Å². The van der Waals surface area contributed by atoms with E-state index in [0.717, 1.165) is 33.7 Å². The molecule has 5 aromatic rings. The maximum absolute atomic E-state index is 13.6. The summed E-state index contributed by atoms with van der Waals surface area (Å²) in [4.78, 5) is 28.5. The predicted molar refractivity (Wildman–Crippen MR) is 157 cm³/mol. The summed E-state index contributed by atoms with van der Waals surface area (Å²) < 4.78 is 5.37. The molecular weight excluding hydrogens is 498 g/mol. The van der Waals surface area contributed by atoms with E-state index in [0.29, 0.717) is 28.6 Å². The molecule has 0 spiro atoms. The van der Waals surface area contributed by atoms with E-state index >= 15 is 0 Å². The van der Waals surface area contributed by atoms with E-state index in [-0.39, 0.29) is 17.9 Å². The molecule has 194 valence electrons. The van der Waals surface area contributed by atoms with E-state index in [2.05, 4.69) is 29.3 Å². The SMILES string of the molecule is COc1ccc([C@@H]2CC(c3ccc4c5c(cccc35)C(=O)N(c3ccccc3)C4=O)=NN2c2ccccc2)cc1. The highest BCUT2D eigenvalue weighted by atomic mass is 16.5. The lowest BCUT2D eigenvalue weighted by atomic mass is 9.88. The average Bonchev–Trinajstić information content (AvgIpc) is 3.46. The van der Waals surface area contributed by atoms with Crippen molar-refractivity contribution in [2.24, 2.45) is 5.10 Å². The Morgan fingerprint density at radius 1 is 0.675 bits per heavy atom. The lowest BCUT2D eigenvalue weighted by Gasteiger charge is -2.27. The number of imide groups is 1.